The summed E-state index contributed by atoms with van der Waals surface area (Å²) in [6, 6.07) is 133. The summed E-state index contributed by atoms with van der Waals surface area (Å²) in [6.45, 7) is 0. The van der Waals surface area contributed by atoms with Crippen molar-refractivity contribution in [2.45, 2.75) is 0 Å². The Bertz CT molecular complexity index is 8080. The molecule has 0 N–H and O–H groups in total. The fourth-order valence-corrected chi connectivity index (χ4v) is 17.9. The fourth-order valence-electron chi connectivity index (χ4n) is 17.9. The van der Waals surface area contributed by atoms with E-state index in [9.17, 15) is 0 Å². The number of para-hydroxylation sites is 6. The molecule has 0 bridgehead atoms. The second kappa shape index (κ2) is 24.2. The number of rotatable bonds is 10. The zero-order valence-electron chi connectivity index (χ0n) is 60.2. The molecule has 0 amide bonds. The first-order valence-corrected chi connectivity index (χ1v) is 38.0. The highest BCUT2D eigenvalue weighted by molar-refractivity contribution is 6.15. The van der Waals surface area contributed by atoms with Gasteiger partial charge in [-0.2, -0.15) is 0 Å². The van der Waals surface area contributed by atoms with Gasteiger partial charge in [0, 0.05) is 98.2 Å². The van der Waals surface area contributed by atoms with Crippen molar-refractivity contribution in [3.8, 4) is 95.3 Å². The topological polar surface area (TPSA) is 80.0 Å². The van der Waals surface area contributed by atoms with Crippen molar-refractivity contribution >= 4 is 142 Å². The number of hydrogen-bond acceptors (Lipinski definition) is 5. The molecule has 0 aliphatic rings. The fraction of sp³-hybridized carbons (Fsp3) is 0. The van der Waals surface area contributed by atoms with E-state index in [4.69, 9.17) is 23.2 Å². The summed E-state index contributed by atoms with van der Waals surface area (Å²) in [5.74, 6) is 0.638. The van der Waals surface area contributed by atoms with Crippen LogP contribution in [0.1, 0.15) is 0 Å². The Balaban J connectivity index is 0.616. The third-order valence-corrected chi connectivity index (χ3v) is 23.3. The summed E-state index contributed by atoms with van der Waals surface area (Å²) in [5, 5.41) is 14.8. The highest BCUT2D eigenvalue weighted by atomic mass is 16.3. The smallest absolute Gasteiger partial charge is 0.160 e. The van der Waals surface area contributed by atoms with Gasteiger partial charge in [0.05, 0.1) is 44.3 Å². The second-order valence-corrected chi connectivity index (χ2v) is 29.5. The summed E-state index contributed by atoms with van der Waals surface area (Å²) in [6.07, 6.45) is 0. The first-order valence-electron chi connectivity index (χ1n) is 38.0. The lowest BCUT2D eigenvalue weighted by molar-refractivity contribution is 0.668. The Morgan fingerprint density at radius 3 is 0.938 bits per heavy atom. The van der Waals surface area contributed by atoms with Crippen molar-refractivity contribution in [3.05, 3.63) is 370 Å². The van der Waals surface area contributed by atoms with E-state index in [1.54, 1.807) is 0 Å². The molecule has 0 saturated heterocycles. The largest absolute Gasteiger partial charge is 0.456 e. The van der Waals surface area contributed by atoms with E-state index in [0.717, 1.165) is 199 Å². The third kappa shape index (κ3) is 9.68. The molecule has 24 aromatic rings. The van der Waals surface area contributed by atoms with E-state index in [1.165, 1.54) is 32.3 Å². The number of hydrogen-bond donors (Lipinski definition) is 0. The Labute approximate surface area is 640 Å². The Morgan fingerprint density at radius 2 is 0.482 bits per heavy atom. The van der Waals surface area contributed by atoms with Crippen LogP contribution >= 0.6 is 0 Å². The molecular formula is C104H61N5O3. The van der Waals surface area contributed by atoms with Gasteiger partial charge < -0.3 is 27.0 Å². The van der Waals surface area contributed by atoms with Crippen LogP contribution < -0.4 is 0 Å². The molecule has 112 heavy (non-hydrogen) atoms. The molecule has 0 saturated carbocycles. The molecule has 0 spiro atoms. The van der Waals surface area contributed by atoms with E-state index in [1.807, 2.05) is 36.4 Å². The van der Waals surface area contributed by atoms with Crippen molar-refractivity contribution in [2.24, 2.45) is 0 Å². The Hall–Kier alpha value is -15.1. The SMILES string of the molecule is c1cc(-c2ccc3nc(-c4ccc(-c5ccc(-n6c7ccccc7c7ccc(-c8ccc9c(c8)oc8ccccc89)cc76)cc5)cc4)nc(-c4cccc(-n5c6ccccc6c6ccc(-c7ccc8c(c7)oc7ccccc78)cc65)c4)c3c2)cc(-n2c3ccccc3c3ccc(-c4ccc5c(c4)oc4ccccc45)cc32)c1. The monoisotopic (exact) mass is 1430 g/mol. The van der Waals surface area contributed by atoms with Gasteiger partial charge in [-0.05, 0) is 195 Å². The average molecular weight is 1430 g/mol. The van der Waals surface area contributed by atoms with Crippen LogP contribution in [0.2, 0.25) is 0 Å². The maximum Gasteiger partial charge on any atom is 0.160 e. The second-order valence-electron chi connectivity index (χ2n) is 29.5. The molecule has 7 aromatic heterocycles. The minimum Gasteiger partial charge on any atom is -0.456 e. The first-order chi connectivity index (χ1) is 55.4. The van der Waals surface area contributed by atoms with Gasteiger partial charge in [-0.15, -0.1) is 0 Å². The molecule has 8 nitrogen and oxygen atoms in total. The van der Waals surface area contributed by atoms with E-state index in [-0.39, 0.29) is 0 Å². The standard InChI is InChI=1S/C104H61N5O3/c1-7-25-91-77(19-1)80-46-37-67(70-40-49-86-83-22-4-10-28-97(83)110-100(86)59-70)56-94(80)107(91)74-44-35-63(36-45-74)62-31-33-64(34-32-62)104-105-90-52-43-66(65-15-13-17-75(53-65)108-92-26-8-2-20-78(92)81-47-38-68(57-95(81)108)71-41-50-87-84-23-5-11-29-98(84)111-101(87)60-71)55-89(90)103(106-104)73-16-14-18-76(54-73)109-93-27-9-3-21-79(93)82-48-39-69(58-96(82)109)72-42-51-88-85-24-6-12-30-99(85)112-102(88)61-72/h1-61H. The molecule has 0 atom stereocenters. The normalized spacial score (nSPS) is 12.1. The maximum atomic E-state index is 6.44. The highest BCUT2D eigenvalue weighted by Crippen LogP contribution is 2.44. The van der Waals surface area contributed by atoms with Gasteiger partial charge in [-0.1, -0.05) is 231 Å². The summed E-state index contributed by atoms with van der Waals surface area (Å²) >= 11 is 0. The van der Waals surface area contributed by atoms with Gasteiger partial charge in [0.15, 0.2) is 5.82 Å². The molecule has 7 heterocycles. The zero-order chi connectivity index (χ0) is 73.2. The lowest BCUT2D eigenvalue weighted by Crippen LogP contribution is -1.98. The zero-order valence-corrected chi connectivity index (χ0v) is 60.2. The van der Waals surface area contributed by atoms with Crippen molar-refractivity contribution < 1.29 is 13.3 Å². The van der Waals surface area contributed by atoms with E-state index >= 15 is 0 Å². The van der Waals surface area contributed by atoms with Crippen molar-refractivity contribution in [2.75, 3.05) is 0 Å². The number of fused-ring (bicyclic) bond motifs is 19. The van der Waals surface area contributed by atoms with Crippen LogP contribution in [0.15, 0.2) is 383 Å². The van der Waals surface area contributed by atoms with Crippen LogP contribution in [0.5, 0.6) is 0 Å². The minimum atomic E-state index is 0.638. The van der Waals surface area contributed by atoms with Gasteiger partial charge in [-0.25, -0.2) is 9.97 Å². The van der Waals surface area contributed by atoms with Gasteiger partial charge in [0.2, 0.25) is 0 Å². The molecule has 0 aliphatic carbocycles. The summed E-state index contributed by atoms with van der Waals surface area (Å²) in [7, 11) is 0. The van der Waals surface area contributed by atoms with Gasteiger partial charge in [-0.3, -0.25) is 0 Å². The van der Waals surface area contributed by atoms with Crippen LogP contribution in [0.3, 0.4) is 0 Å². The van der Waals surface area contributed by atoms with Gasteiger partial charge in [0.1, 0.15) is 33.5 Å². The van der Waals surface area contributed by atoms with Crippen molar-refractivity contribution in [1.29, 1.82) is 0 Å². The summed E-state index contributed by atoms with van der Waals surface area (Å²) in [4.78, 5) is 11.2. The number of benzene rings is 17. The molecule has 0 aliphatic heterocycles. The molecule has 17 aromatic carbocycles. The van der Waals surface area contributed by atoms with Gasteiger partial charge >= 0.3 is 0 Å². The first kappa shape index (κ1) is 62.0. The summed E-state index contributed by atoms with van der Waals surface area (Å²) in [5.41, 5.74) is 29.7. The Kier molecular flexibility index (Phi) is 13.4. The van der Waals surface area contributed by atoms with Crippen LogP contribution in [-0.2, 0) is 0 Å². The molecule has 0 radical (unpaired) electrons. The number of furan rings is 3. The van der Waals surface area contributed by atoms with Crippen molar-refractivity contribution in [3.63, 3.8) is 0 Å². The lowest BCUT2D eigenvalue weighted by Gasteiger charge is -2.15. The highest BCUT2D eigenvalue weighted by Gasteiger charge is 2.22. The molecule has 0 unspecified atom stereocenters. The van der Waals surface area contributed by atoms with Crippen LogP contribution in [0.4, 0.5) is 0 Å². The Morgan fingerprint density at radius 1 is 0.170 bits per heavy atom. The van der Waals surface area contributed by atoms with Crippen LogP contribution in [-0.4, -0.2) is 23.7 Å². The van der Waals surface area contributed by atoms with Crippen molar-refractivity contribution in [1.82, 2.24) is 23.7 Å². The van der Waals surface area contributed by atoms with E-state index < -0.39 is 0 Å². The quantitative estimate of drug-likeness (QED) is 0.136. The van der Waals surface area contributed by atoms with Gasteiger partial charge in [0.25, 0.3) is 0 Å². The molecule has 8 heteroatoms. The average Bonchev–Trinajstić information content (AvgIpc) is 1.49. The molecule has 0 fully saturated rings. The van der Waals surface area contributed by atoms with Crippen LogP contribution in [0, 0.1) is 0 Å². The third-order valence-electron chi connectivity index (χ3n) is 23.3. The predicted molar refractivity (Wildman–Crippen MR) is 462 cm³/mol. The van der Waals surface area contributed by atoms with Crippen LogP contribution in [0.25, 0.3) is 237 Å². The minimum absolute atomic E-state index is 0.638. The lowest BCUT2D eigenvalue weighted by atomic mass is 9.99. The molecule has 24 rings (SSSR count). The maximum absolute atomic E-state index is 6.44. The van der Waals surface area contributed by atoms with E-state index in [0.29, 0.717) is 5.82 Å². The predicted octanol–water partition coefficient (Wildman–Crippen LogP) is 28.3. The number of aromatic nitrogens is 5. The summed E-state index contributed by atoms with van der Waals surface area (Å²) < 4.78 is 26.4. The molecule has 520 valence electrons. The molecular weight excluding hydrogens is 1370 g/mol. The van der Waals surface area contributed by atoms with E-state index in [2.05, 4.69) is 347 Å². The number of nitrogens with zero attached hydrogens (tertiary/aromatic N) is 5.